The van der Waals surface area contributed by atoms with Gasteiger partial charge in [0.25, 0.3) is 0 Å². The Balaban J connectivity index is 2.21. The van der Waals surface area contributed by atoms with Gasteiger partial charge in [-0.05, 0) is 36.6 Å². The Kier molecular flexibility index (Phi) is 4.77. The molecule has 0 aliphatic rings. The molecule has 0 saturated heterocycles. The summed E-state index contributed by atoms with van der Waals surface area (Å²) in [5, 5.41) is 9.43. The standard InChI is InChI=1S/C17H18O3/c1-2-20-15-10-6-7-13(11-15)12-16(17(18)19)14-8-4-3-5-9-14/h3-11,16H,2,12H2,1H3,(H,18,19). The number of carbonyl (C=O) groups is 1. The molecule has 0 aromatic heterocycles. The maximum Gasteiger partial charge on any atom is 0.311 e. The molecule has 3 heteroatoms. The Bertz CT molecular complexity index is 563. The average Bonchev–Trinajstić information content (AvgIpc) is 2.46. The Labute approximate surface area is 118 Å². The molecule has 2 aromatic rings. The maximum absolute atomic E-state index is 11.5. The molecular formula is C17H18O3. The predicted octanol–water partition coefficient (Wildman–Crippen LogP) is 3.50. The Hall–Kier alpha value is -2.29. The lowest BCUT2D eigenvalue weighted by Gasteiger charge is -2.13. The van der Waals surface area contributed by atoms with E-state index < -0.39 is 11.9 Å². The summed E-state index contributed by atoms with van der Waals surface area (Å²) in [4.78, 5) is 11.5. The number of carboxylic acids is 1. The number of aliphatic carboxylic acids is 1. The first-order valence-corrected chi connectivity index (χ1v) is 6.70. The molecule has 1 atom stereocenters. The summed E-state index contributed by atoms with van der Waals surface area (Å²) in [7, 11) is 0. The van der Waals surface area contributed by atoms with Crippen LogP contribution in [0.3, 0.4) is 0 Å². The summed E-state index contributed by atoms with van der Waals surface area (Å²) in [5.41, 5.74) is 1.79. The van der Waals surface area contributed by atoms with E-state index in [1.54, 1.807) is 0 Å². The zero-order valence-electron chi connectivity index (χ0n) is 11.5. The second kappa shape index (κ2) is 6.75. The largest absolute Gasteiger partial charge is 0.494 e. The molecule has 0 aliphatic heterocycles. The van der Waals surface area contributed by atoms with Crippen molar-refractivity contribution in [1.29, 1.82) is 0 Å². The molecule has 2 aromatic carbocycles. The molecule has 3 nitrogen and oxygen atoms in total. The van der Waals surface area contributed by atoms with Gasteiger partial charge in [-0.3, -0.25) is 4.79 Å². The summed E-state index contributed by atoms with van der Waals surface area (Å²) in [5.74, 6) is -0.562. The van der Waals surface area contributed by atoms with Crippen molar-refractivity contribution in [2.75, 3.05) is 6.61 Å². The molecule has 0 bridgehead atoms. The van der Waals surface area contributed by atoms with Crippen LogP contribution < -0.4 is 4.74 Å². The summed E-state index contributed by atoms with van der Waals surface area (Å²) in [6.07, 6.45) is 0.459. The highest BCUT2D eigenvalue weighted by Gasteiger charge is 2.20. The minimum absolute atomic E-state index is 0.459. The van der Waals surface area contributed by atoms with Crippen LogP contribution in [0, 0.1) is 0 Å². The van der Waals surface area contributed by atoms with E-state index in [4.69, 9.17) is 4.74 Å². The smallest absolute Gasteiger partial charge is 0.311 e. The van der Waals surface area contributed by atoms with Crippen molar-refractivity contribution in [3.8, 4) is 5.75 Å². The zero-order valence-corrected chi connectivity index (χ0v) is 11.5. The lowest BCUT2D eigenvalue weighted by molar-refractivity contribution is -0.138. The van der Waals surface area contributed by atoms with Crippen molar-refractivity contribution in [1.82, 2.24) is 0 Å². The molecule has 104 valence electrons. The molecule has 20 heavy (non-hydrogen) atoms. The molecule has 0 amide bonds. The molecular weight excluding hydrogens is 252 g/mol. The van der Waals surface area contributed by atoms with Crippen LogP contribution in [0.25, 0.3) is 0 Å². The molecule has 0 heterocycles. The number of carboxylic acid groups (broad SMARTS) is 1. The van der Waals surface area contributed by atoms with E-state index in [9.17, 15) is 9.90 Å². The third-order valence-electron chi connectivity index (χ3n) is 3.15. The van der Waals surface area contributed by atoms with Crippen molar-refractivity contribution in [2.45, 2.75) is 19.3 Å². The average molecular weight is 270 g/mol. The normalized spacial score (nSPS) is 11.8. The van der Waals surface area contributed by atoms with Crippen molar-refractivity contribution in [3.05, 3.63) is 65.7 Å². The third-order valence-corrected chi connectivity index (χ3v) is 3.15. The second-order valence-electron chi connectivity index (χ2n) is 4.59. The van der Waals surface area contributed by atoms with E-state index in [2.05, 4.69) is 0 Å². The topological polar surface area (TPSA) is 46.5 Å². The first kappa shape index (κ1) is 14.1. The van der Waals surface area contributed by atoms with Gasteiger partial charge in [0.05, 0.1) is 12.5 Å². The van der Waals surface area contributed by atoms with E-state index in [1.807, 2.05) is 61.5 Å². The first-order valence-electron chi connectivity index (χ1n) is 6.70. The van der Waals surface area contributed by atoms with Crippen LogP contribution in [0.4, 0.5) is 0 Å². The predicted molar refractivity (Wildman–Crippen MR) is 78.1 cm³/mol. The molecule has 2 rings (SSSR count). The van der Waals surface area contributed by atoms with Gasteiger partial charge in [-0.1, -0.05) is 42.5 Å². The molecule has 0 radical (unpaired) electrons. The molecule has 0 spiro atoms. The molecule has 1 unspecified atom stereocenters. The van der Waals surface area contributed by atoms with Crippen LogP contribution in [0.15, 0.2) is 54.6 Å². The van der Waals surface area contributed by atoms with Gasteiger partial charge in [0, 0.05) is 0 Å². The first-order chi connectivity index (χ1) is 9.70. The van der Waals surface area contributed by atoms with Gasteiger partial charge in [0.1, 0.15) is 5.75 Å². The van der Waals surface area contributed by atoms with Gasteiger partial charge in [-0.2, -0.15) is 0 Å². The third kappa shape index (κ3) is 3.60. The second-order valence-corrected chi connectivity index (χ2v) is 4.59. The minimum Gasteiger partial charge on any atom is -0.494 e. The molecule has 0 aliphatic carbocycles. The Morgan fingerprint density at radius 1 is 1.15 bits per heavy atom. The fourth-order valence-electron chi connectivity index (χ4n) is 2.20. The quantitative estimate of drug-likeness (QED) is 0.874. The maximum atomic E-state index is 11.5. The summed E-state index contributed by atoms with van der Waals surface area (Å²) < 4.78 is 5.45. The molecule has 0 saturated carbocycles. The number of ether oxygens (including phenoxy) is 1. The Morgan fingerprint density at radius 3 is 2.55 bits per heavy atom. The van der Waals surface area contributed by atoms with Crippen LogP contribution in [-0.4, -0.2) is 17.7 Å². The van der Waals surface area contributed by atoms with E-state index in [-0.39, 0.29) is 0 Å². The number of rotatable bonds is 6. The summed E-state index contributed by atoms with van der Waals surface area (Å²) in [6.45, 7) is 2.53. The summed E-state index contributed by atoms with van der Waals surface area (Å²) in [6, 6.07) is 16.9. The zero-order chi connectivity index (χ0) is 14.4. The number of hydrogen-bond donors (Lipinski definition) is 1. The fraction of sp³-hybridized carbons (Fsp3) is 0.235. The van der Waals surface area contributed by atoms with Crippen LogP contribution in [0.2, 0.25) is 0 Å². The van der Waals surface area contributed by atoms with Crippen LogP contribution >= 0.6 is 0 Å². The SMILES string of the molecule is CCOc1cccc(CC(C(=O)O)c2ccccc2)c1. The highest BCUT2D eigenvalue weighted by molar-refractivity contribution is 5.76. The Morgan fingerprint density at radius 2 is 1.90 bits per heavy atom. The van der Waals surface area contributed by atoms with E-state index in [1.165, 1.54) is 0 Å². The van der Waals surface area contributed by atoms with Gasteiger partial charge >= 0.3 is 5.97 Å². The van der Waals surface area contributed by atoms with Gasteiger partial charge in [-0.25, -0.2) is 0 Å². The minimum atomic E-state index is -0.807. The van der Waals surface area contributed by atoms with Gasteiger partial charge in [0.15, 0.2) is 0 Å². The highest BCUT2D eigenvalue weighted by Crippen LogP contribution is 2.23. The van der Waals surface area contributed by atoms with E-state index in [0.717, 1.165) is 16.9 Å². The van der Waals surface area contributed by atoms with Gasteiger partial charge < -0.3 is 9.84 Å². The van der Waals surface area contributed by atoms with E-state index >= 15 is 0 Å². The lowest BCUT2D eigenvalue weighted by Crippen LogP contribution is -2.14. The monoisotopic (exact) mass is 270 g/mol. The van der Waals surface area contributed by atoms with Crippen molar-refractivity contribution < 1.29 is 14.6 Å². The van der Waals surface area contributed by atoms with Crippen LogP contribution in [0.1, 0.15) is 24.0 Å². The van der Waals surface area contributed by atoms with Crippen LogP contribution in [-0.2, 0) is 11.2 Å². The molecule has 0 fully saturated rings. The highest BCUT2D eigenvalue weighted by atomic mass is 16.5. The lowest BCUT2D eigenvalue weighted by atomic mass is 9.92. The van der Waals surface area contributed by atoms with E-state index in [0.29, 0.717) is 13.0 Å². The van der Waals surface area contributed by atoms with Gasteiger partial charge in [0.2, 0.25) is 0 Å². The number of hydrogen-bond acceptors (Lipinski definition) is 2. The number of benzene rings is 2. The fourth-order valence-corrected chi connectivity index (χ4v) is 2.20. The van der Waals surface area contributed by atoms with Crippen molar-refractivity contribution >= 4 is 5.97 Å². The van der Waals surface area contributed by atoms with Gasteiger partial charge in [-0.15, -0.1) is 0 Å². The molecule has 1 N–H and O–H groups in total. The van der Waals surface area contributed by atoms with Crippen LogP contribution in [0.5, 0.6) is 5.75 Å². The van der Waals surface area contributed by atoms with Crippen molar-refractivity contribution in [2.24, 2.45) is 0 Å². The van der Waals surface area contributed by atoms with Crippen molar-refractivity contribution in [3.63, 3.8) is 0 Å². The summed E-state index contributed by atoms with van der Waals surface area (Å²) >= 11 is 0.